The zero-order valence-corrected chi connectivity index (χ0v) is 10.9. The third-order valence-corrected chi connectivity index (χ3v) is 2.78. The van der Waals surface area contributed by atoms with Gasteiger partial charge in [0.25, 0.3) is 0 Å². The highest BCUT2D eigenvalue weighted by Gasteiger charge is 2.23. The molecule has 1 aliphatic heterocycles. The topological polar surface area (TPSA) is 47.5 Å². The quantitative estimate of drug-likeness (QED) is 0.756. The molecule has 1 fully saturated rings. The van der Waals surface area contributed by atoms with Crippen LogP contribution in [0.3, 0.4) is 0 Å². The average Bonchev–Trinajstić information content (AvgIpc) is 2.26. The first-order valence-electron chi connectivity index (χ1n) is 5.57. The minimum atomic E-state index is 0.179. The van der Waals surface area contributed by atoms with Gasteiger partial charge in [0.05, 0.1) is 19.3 Å². The van der Waals surface area contributed by atoms with Crippen LogP contribution in [0.4, 0.5) is 5.82 Å². The predicted octanol–water partition coefficient (Wildman–Crippen LogP) is 1.75. The highest BCUT2D eigenvalue weighted by molar-refractivity contribution is 6.29. The molecule has 5 nitrogen and oxygen atoms in total. The summed E-state index contributed by atoms with van der Waals surface area (Å²) in [6.07, 6.45) is 0.358. The number of rotatable bonds is 2. The molecule has 0 N–H and O–H groups in total. The Morgan fingerprint density at radius 2 is 2.00 bits per heavy atom. The van der Waals surface area contributed by atoms with E-state index in [1.165, 1.54) is 7.11 Å². The zero-order valence-electron chi connectivity index (χ0n) is 10.2. The van der Waals surface area contributed by atoms with Crippen molar-refractivity contribution in [3.63, 3.8) is 0 Å². The summed E-state index contributed by atoms with van der Waals surface area (Å²) in [6, 6.07) is 2.04. The van der Waals surface area contributed by atoms with E-state index in [0.29, 0.717) is 11.2 Å². The molecule has 0 radical (unpaired) electrons. The summed E-state index contributed by atoms with van der Waals surface area (Å²) in [7, 11) is 1.53. The van der Waals surface area contributed by atoms with E-state index in [9.17, 15) is 0 Å². The van der Waals surface area contributed by atoms with Gasteiger partial charge in [-0.2, -0.15) is 9.97 Å². The molecule has 1 aliphatic rings. The fourth-order valence-corrected chi connectivity index (χ4v) is 2.17. The van der Waals surface area contributed by atoms with Crippen LogP contribution in [0.15, 0.2) is 6.07 Å². The van der Waals surface area contributed by atoms with E-state index >= 15 is 0 Å². The maximum absolute atomic E-state index is 5.93. The largest absolute Gasteiger partial charge is 0.467 e. The average molecular weight is 258 g/mol. The Balaban J connectivity index is 2.23. The lowest BCUT2D eigenvalue weighted by Crippen LogP contribution is -2.45. The Bertz CT molecular complexity index is 392. The first-order valence-corrected chi connectivity index (χ1v) is 5.95. The Morgan fingerprint density at radius 1 is 1.35 bits per heavy atom. The Labute approximate surface area is 106 Å². The SMILES string of the molecule is COc1nc(Cl)cc(N2C[C@@H](C)O[C@@H](C)C2)n1. The fourth-order valence-electron chi connectivity index (χ4n) is 2.00. The van der Waals surface area contributed by atoms with Crippen LogP contribution in [-0.2, 0) is 4.74 Å². The van der Waals surface area contributed by atoms with Gasteiger partial charge in [0.2, 0.25) is 0 Å². The Kier molecular flexibility index (Phi) is 3.69. The predicted molar refractivity (Wildman–Crippen MR) is 65.8 cm³/mol. The van der Waals surface area contributed by atoms with Crippen molar-refractivity contribution < 1.29 is 9.47 Å². The summed E-state index contributed by atoms with van der Waals surface area (Å²) in [5.74, 6) is 0.781. The number of anilines is 1. The molecule has 6 heteroatoms. The summed E-state index contributed by atoms with van der Waals surface area (Å²) < 4.78 is 10.7. The van der Waals surface area contributed by atoms with Gasteiger partial charge in [-0.1, -0.05) is 11.6 Å². The summed E-state index contributed by atoms with van der Waals surface area (Å²) in [5, 5.41) is 0.388. The molecule has 17 heavy (non-hydrogen) atoms. The first kappa shape index (κ1) is 12.4. The molecule has 94 valence electrons. The van der Waals surface area contributed by atoms with Gasteiger partial charge >= 0.3 is 6.01 Å². The van der Waals surface area contributed by atoms with E-state index in [2.05, 4.69) is 14.9 Å². The molecular formula is C11H16ClN3O2. The van der Waals surface area contributed by atoms with Gasteiger partial charge < -0.3 is 14.4 Å². The fraction of sp³-hybridized carbons (Fsp3) is 0.636. The number of ether oxygens (including phenoxy) is 2. The summed E-state index contributed by atoms with van der Waals surface area (Å²) in [5.41, 5.74) is 0. The molecule has 0 aromatic carbocycles. The number of aromatic nitrogens is 2. The molecule has 1 saturated heterocycles. The second-order valence-corrected chi connectivity index (χ2v) is 4.59. The molecule has 2 rings (SSSR count). The second-order valence-electron chi connectivity index (χ2n) is 4.20. The van der Waals surface area contributed by atoms with Crippen molar-refractivity contribution in [3.05, 3.63) is 11.2 Å². The number of nitrogens with zero attached hydrogens (tertiary/aromatic N) is 3. The molecule has 2 atom stereocenters. The van der Waals surface area contributed by atoms with Crippen molar-refractivity contribution in [2.45, 2.75) is 26.1 Å². The number of hydrogen-bond acceptors (Lipinski definition) is 5. The van der Waals surface area contributed by atoms with E-state index in [-0.39, 0.29) is 12.2 Å². The molecule has 0 unspecified atom stereocenters. The highest BCUT2D eigenvalue weighted by atomic mass is 35.5. The lowest BCUT2D eigenvalue weighted by atomic mass is 10.2. The summed E-state index contributed by atoms with van der Waals surface area (Å²) >= 11 is 5.93. The number of hydrogen-bond donors (Lipinski definition) is 0. The molecule has 0 amide bonds. The zero-order chi connectivity index (χ0) is 12.4. The lowest BCUT2D eigenvalue weighted by molar-refractivity contribution is -0.00549. The van der Waals surface area contributed by atoms with E-state index in [1.54, 1.807) is 6.07 Å². The van der Waals surface area contributed by atoms with Crippen molar-refractivity contribution in [2.75, 3.05) is 25.1 Å². The van der Waals surface area contributed by atoms with Crippen molar-refractivity contribution in [3.8, 4) is 6.01 Å². The highest BCUT2D eigenvalue weighted by Crippen LogP contribution is 2.22. The van der Waals surface area contributed by atoms with Gasteiger partial charge in [-0.15, -0.1) is 0 Å². The van der Waals surface area contributed by atoms with E-state index in [0.717, 1.165) is 18.9 Å². The van der Waals surface area contributed by atoms with Crippen molar-refractivity contribution in [1.29, 1.82) is 0 Å². The smallest absolute Gasteiger partial charge is 0.319 e. The molecule has 0 saturated carbocycles. The number of methoxy groups -OCH3 is 1. The van der Waals surface area contributed by atoms with Gasteiger partial charge in [0, 0.05) is 19.2 Å². The normalized spacial score (nSPS) is 24.8. The van der Waals surface area contributed by atoms with Crippen LogP contribution in [0.5, 0.6) is 6.01 Å². The van der Waals surface area contributed by atoms with Gasteiger partial charge in [-0.25, -0.2) is 0 Å². The van der Waals surface area contributed by atoms with Gasteiger partial charge in [-0.05, 0) is 13.8 Å². The third kappa shape index (κ3) is 2.98. The summed E-state index contributed by atoms with van der Waals surface area (Å²) in [4.78, 5) is 10.4. The van der Waals surface area contributed by atoms with Gasteiger partial charge in [0.1, 0.15) is 11.0 Å². The van der Waals surface area contributed by atoms with Crippen LogP contribution in [0.25, 0.3) is 0 Å². The van der Waals surface area contributed by atoms with Crippen molar-refractivity contribution >= 4 is 17.4 Å². The Hall–Kier alpha value is -1.07. The second kappa shape index (κ2) is 5.06. The van der Waals surface area contributed by atoms with Crippen molar-refractivity contribution in [1.82, 2.24) is 9.97 Å². The van der Waals surface area contributed by atoms with E-state index in [1.807, 2.05) is 13.8 Å². The molecule has 2 heterocycles. The van der Waals surface area contributed by atoms with Crippen LogP contribution >= 0.6 is 11.6 Å². The summed E-state index contributed by atoms with van der Waals surface area (Å²) in [6.45, 7) is 5.67. The molecular weight excluding hydrogens is 242 g/mol. The van der Waals surface area contributed by atoms with Crippen molar-refractivity contribution in [2.24, 2.45) is 0 Å². The molecule has 0 bridgehead atoms. The molecule has 1 aromatic heterocycles. The van der Waals surface area contributed by atoms with Crippen LogP contribution in [0, 0.1) is 0 Å². The first-order chi connectivity index (χ1) is 8.08. The lowest BCUT2D eigenvalue weighted by Gasteiger charge is -2.36. The minimum absolute atomic E-state index is 0.179. The van der Waals surface area contributed by atoms with Crippen LogP contribution in [0.1, 0.15) is 13.8 Å². The number of morpholine rings is 1. The Morgan fingerprint density at radius 3 is 2.59 bits per heavy atom. The molecule has 0 aliphatic carbocycles. The van der Waals surface area contributed by atoms with E-state index < -0.39 is 0 Å². The van der Waals surface area contributed by atoms with Crippen LogP contribution < -0.4 is 9.64 Å². The third-order valence-electron chi connectivity index (χ3n) is 2.59. The van der Waals surface area contributed by atoms with Crippen LogP contribution in [-0.4, -0.2) is 42.4 Å². The van der Waals surface area contributed by atoms with Crippen LogP contribution in [0.2, 0.25) is 5.15 Å². The number of halogens is 1. The monoisotopic (exact) mass is 257 g/mol. The van der Waals surface area contributed by atoms with Gasteiger partial charge in [-0.3, -0.25) is 0 Å². The van der Waals surface area contributed by atoms with Gasteiger partial charge in [0.15, 0.2) is 0 Å². The molecule has 1 aromatic rings. The molecule has 0 spiro atoms. The van der Waals surface area contributed by atoms with E-state index in [4.69, 9.17) is 21.1 Å². The maximum Gasteiger partial charge on any atom is 0.319 e. The minimum Gasteiger partial charge on any atom is -0.467 e. The standard InChI is InChI=1S/C11H16ClN3O2/c1-7-5-15(6-8(2)17-7)10-4-9(12)13-11(14-10)16-3/h4,7-8H,5-6H2,1-3H3/t7-,8+. The maximum atomic E-state index is 5.93.